The van der Waals surface area contributed by atoms with E-state index < -0.39 is 17.3 Å². The maximum atomic E-state index is 13.6. The van der Waals surface area contributed by atoms with E-state index in [2.05, 4.69) is 10.6 Å². The highest BCUT2D eigenvalue weighted by atomic mass is 35.5. The van der Waals surface area contributed by atoms with Crippen LogP contribution in [-0.2, 0) is 9.59 Å². The minimum Gasteiger partial charge on any atom is -0.492 e. The molecule has 2 bridgehead atoms. The molecule has 2 aliphatic carbocycles. The molecule has 36 heavy (non-hydrogen) atoms. The number of carbonyl (C=O) groups excluding carboxylic acids is 2. The van der Waals surface area contributed by atoms with Gasteiger partial charge in [-0.25, -0.2) is 4.39 Å². The molecule has 4 atom stereocenters. The van der Waals surface area contributed by atoms with E-state index in [1.807, 2.05) is 0 Å². The Kier molecular flexibility index (Phi) is 8.59. The number of amides is 2. The molecule has 0 aromatic heterocycles. The van der Waals surface area contributed by atoms with Gasteiger partial charge in [-0.2, -0.15) is 0 Å². The molecule has 4 unspecified atom stereocenters. The Hall–Kier alpha value is -2.55. The van der Waals surface area contributed by atoms with Gasteiger partial charge < -0.3 is 25.2 Å². The summed E-state index contributed by atoms with van der Waals surface area (Å²) in [4.78, 5) is 25.6. The third-order valence-corrected chi connectivity index (χ3v) is 7.60. The molecule has 7 nitrogen and oxygen atoms in total. The molecule has 3 N–H and O–H groups in total. The number of hydrogen-bond donors (Lipinski definition) is 3. The van der Waals surface area contributed by atoms with Crippen LogP contribution in [0.25, 0.3) is 0 Å². The first-order chi connectivity index (χ1) is 17.3. The smallest absolute Gasteiger partial charge is 0.258 e. The molecule has 0 spiro atoms. The van der Waals surface area contributed by atoms with Crippen molar-refractivity contribution in [1.82, 2.24) is 10.6 Å². The van der Waals surface area contributed by atoms with Crippen LogP contribution in [0.1, 0.15) is 32.1 Å². The third kappa shape index (κ3) is 6.22. The zero-order chi connectivity index (χ0) is 25.7. The number of carbonyl (C=O) groups is 2. The molecular weight excluding hydrogens is 510 g/mol. The fourth-order valence-electron chi connectivity index (χ4n) is 5.19. The van der Waals surface area contributed by atoms with Crippen molar-refractivity contribution in [2.75, 3.05) is 19.8 Å². The number of benzene rings is 2. The highest BCUT2D eigenvalue weighted by molar-refractivity contribution is 6.31. The SMILES string of the molecule is O=C(COc1ccc(Cl)c(F)c1)NC1CC(O)C2(C(=O)NCCOc3ccc(Cl)cc3)CCCC1C2. The third-order valence-electron chi connectivity index (χ3n) is 7.04. The van der Waals surface area contributed by atoms with Gasteiger partial charge in [-0.1, -0.05) is 29.6 Å². The predicted molar refractivity (Wildman–Crippen MR) is 134 cm³/mol. The predicted octanol–water partition coefficient (Wildman–Crippen LogP) is 4.13. The molecule has 0 aliphatic heterocycles. The Balaban J connectivity index is 1.27. The van der Waals surface area contributed by atoms with E-state index in [1.165, 1.54) is 12.1 Å². The number of halogens is 3. The van der Waals surface area contributed by atoms with Crippen molar-refractivity contribution in [2.24, 2.45) is 11.3 Å². The van der Waals surface area contributed by atoms with E-state index >= 15 is 0 Å². The highest BCUT2D eigenvalue weighted by Gasteiger charge is 2.53. The lowest BCUT2D eigenvalue weighted by Gasteiger charge is -2.50. The van der Waals surface area contributed by atoms with Crippen molar-refractivity contribution >= 4 is 35.0 Å². The first-order valence-electron chi connectivity index (χ1n) is 12.0. The lowest BCUT2D eigenvalue weighted by Crippen LogP contribution is -2.60. The van der Waals surface area contributed by atoms with Crippen LogP contribution in [0.2, 0.25) is 10.0 Å². The molecule has 2 fully saturated rings. The van der Waals surface area contributed by atoms with Crippen LogP contribution in [0, 0.1) is 17.2 Å². The van der Waals surface area contributed by atoms with Gasteiger partial charge >= 0.3 is 0 Å². The Bertz CT molecular complexity index is 1090. The zero-order valence-corrected chi connectivity index (χ0v) is 21.2. The highest BCUT2D eigenvalue weighted by Crippen LogP contribution is 2.49. The summed E-state index contributed by atoms with van der Waals surface area (Å²) in [6.45, 7) is 0.308. The van der Waals surface area contributed by atoms with Crippen LogP contribution in [0.15, 0.2) is 42.5 Å². The Labute approximate surface area is 219 Å². The number of aliphatic hydroxyl groups excluding tert-OH is 1. The average Bonchev–Trinajstić information content (AvgIpc) is 2.87. The van der Waals surface area contributed by atoms with Crippen molar-refractivity contribution in [1.29, 1.82) is 0 Å². The maximum absolute atomic E-state index is 13.6. The number of fused-ring (bicyclic) bond motifs is 2. The first kappa shape index (κ1) is 26.5. The molecule has 4 rings (SSSR count). The van der Waals surface area contributed by atoms with Gasteiger partial charge in [0.25, 0.3) is 5.91 Å². The summed E-state index contributed by atoms with van der Waals surface area (Å²) in [5.74, 6) is -0.259. The summed E-state index contributed by atoms with van der Waals surface area (Å²) in [5.41, 5.74) is -0.873. The van der Waals surface area contributed by atoms with Gasteiger partial charge in [0.15, 0.2) is 6.61 Å². The molecule has 2 amide bonds. The van der Waals surface area contributed by atoms with Crippen molar-refractivity contribution < 1.29 is 28.6 Å². The average molecular weight is 539 g/mol. The van der Waals surface area contributed by atoms with Crippen LogP contribution < -0.4 is 20.1 Å². The fourth-order valence-corrected chi connectivity index (χ4v) is 5.44. The van der Waals surface area contributed by atoms with E-state index in [0.717, 1.165) is 18.9 Å². The summed E-state index contributed by atoms with van der Waals surface area (Å²) >= 11 is 11.5. The second kappa shape index (κ2) is 11.7. The van der Waals surface area contributed by atoms with E-state index in [0.29, 0.717) is 36.8 Å². The van der Waals surface area contributed by atoms with Crippen molar-refractivity contribution in [3.8, 4) is 11.5 Å². The van der Waals surface area contributed by atoms with Crippen LogP contribution in [0.5, 0.6) is 11.5 Å². The second-order valence-electron chi connectivity index (χ2n) is 9.36. The summed E-state index contributed by atoms with van der Waals surface area (Å²) in [6.07, 6.45) is 2.12. The van der Waals surface area contributed by atoms with Crippen molar-refractivity contribution in [3.05, 3.63) is 58.3 Å². The molecule has 194 valence electrons. The summed E-state index contributed by atoms with van der Waals surface area (Å²) in [5, 5.41) is 17.4. The normalized spacial score (nSPS) is 25.1. The number of rotatable bonds is 9. The number of aliphatic hydroxyl groups is 1. The zero-order valence-electron chi connectivity index (χ0n) is 19.6. The lowest BCUT2D eigenvalue weighted by molar-refractivity contribution is -0.151. The molecule has 2 aliphatic rings. The monoisotopic (exact) mass is 538 g/mol. The van der Waals surface area contributed by atoms with Gasteiger partial charge in [-0.3, -0.25) is 9.59 Å². The Morgan fingerprint density at radius 2 is 1.86 bits per heavy atom. The van der Waals surface area contributed by atoms with Crippen molar-refractivity contribution in [2.45, 2.75) is 44.2 Å². The van der Waals surface area contributed by atoms with E-state index in [4.69, 9.17) is 32.7 Å². The molecule has 0 heterocycles. The summed E-state index contributed by atoms with van der Waals surface area (Å²) in [7, 11) is 0. The quantitative estimate of drug-likeness (QED) is 0.417. The van der Waals surface area contributed by atoms with Crippen LogP contribution >= 0.6 is 23.2 Å². The van der Waals surface area contributed by atoms with Gasteiger partial charge in [-0.05, 0) is 68.0 Å². The second-order valence-corrected chi connectivity index (χ2v) is 10.2. The molecule has 0 saturated heterocycles. The van der Waals surface area contributed by atoms with Gasteiger partial charge in [0, 0.05) is 17.1 Å². The van der Waals surface area contributed by atoms with Gasteiger partial charge in [0.2, 0.25) is 5.91 Å². The van der Waals surface area contributed by atoms with Gasteiger partial charge in [-0.15, -0.1) is 0 Å². The summed E-state index contributed by atoms with van der Waals surface area (Å²) in [6, 6.07) is 10.7. The molecule has 0 radical (unpaired) electrons. The van der Waals surface area contributed by atoms with Crippen LogP contribution in [-0.4, -0.2) is 48.8 Å². The van der Waals surface area contributed by atoms with E-state index in [9.17, 15) is 19.1 Å². The molecule has 10 heteroatoms. The maximum Gasteiger partial charge on any atom is 0.258 e. The molecular formula is C26H29Cl2FN2O5. The van der Waals surface area contributed by atoms with E-state index in [-0.39, 0.29) is 47.6 Å². The van der Waals surface area contributed by atoms with Crippen molar-refractivity contribution in [3.63, 3.8) is 0 Å². The van der Waals surface area contributed by atoms with Crippen LogP contribution in [0.4, 0.5) is 4.39 Å². The lowest BCUT2D eigenvalue weighted by atomic mass is 9.58. The van der Waals surface area contributed by atoms with Crippen LogP contribution in [0.3, 0.4) is 0 Å². The van der Waals surface area contributed by atoms with Gasteiger partial charge in [0.05, 0.1) is 23.1 Å². The standard InChI is InChI=1S/C26H29Cl2FN2O5/c27-17-3-5-18(6-4-17)35-11-10-30-25(34)26-9-1-2-16(14-26)22(13-23(26)32)31-24(33)15-36-19-7-8-20(28)21(29)12-19/h3-8,12,16,22-23,32H,1-2,9-11,13-15H2,(H,30,34)(H,31,33). The minimum atomic E-state index is -0.886. The summed E-state index contributed by atoms with van der Waals surface area (Å²) < 4.78 is 24.6. The first-order valence-corrected chi connectivity index (χ1v) is 12.7. The number of nitrogens with one attached hydrogen (secondary N) is 2. The number of hydrogen-bond acceptors (Lipinski definition) is 5. The largest absolute Gasteiger partial charge is 0.492 e. The molecule has 2 aromatic carbocycles. The Morgan fingerprint density at radius 1 is 1.11 bits per heavy atom. The number of ether oxygens (including phenoxy) is 2. The van der Waals surface area contributed by atoms with E-state index in [1.54, 1.807) is 24.3 Å². The Morgan fingerprint density at radius 3 is 2.61 bits per heavy atom. The minimum absolute atomic E-state index is 0.0260. The molecule has 2 saturated carbocycles. The van der Waals surface area contributed by atoms with Gasteiger partial charge in [0.1, 0.15) is 23.9 Å². The molecule has 2 aromatic rings. The fraction of sp³-hybridized carbons (Fsp3) is 0.462. The topological polar surface area (TPSA) is 96.9 Å².